The second-order valence-electron chi connectivity index (χ2n) is 3.80. The molecule has 0 aliphatic rings. The SMILES string of the molecule is COc1ncccc1COc1cc(F)cc(C=O)c1. The van der Waals surface area contributed by atoms with Crippen LogP contribution in [0.15, 0.2) is 36.5 Å². The molecule has 0 saturated heterocycles. The zero-order chi connectivity index (χ0) is 13.7. The van der Waals surface area contributed by atoms with Crippen LogP contribution in [0.3, 0.4) is 0 Å². The van der Waals surface area contributed by atoms with E-state index in [1.165, 1.54) is 19.2 Å². The van der Waals surface area contributed by atoms with Gasteiger partial charge in [0.1, 0.15) is 24.5 Å². The van der Waals surface area contributed by atoms with Crippen molar-refractivity contribution in [1.29, 1.82) is 0 Å². The molecule has 1 heterocycles. The topological polar surface area (TPSA) is 48.4 Å². The fourth-order valence-electron chi connectivity index (χ4n) is 1.61. The average molecular weight is 261 g/mol. The summed E-state index contributed by atoms with van der Waals surface area (Å²) in [4.78, 5) is 14.7. The molecule has 98 valence electrons. The van der Waals surface area contributed by atoms with Gasteiger partial charge in [0, 0.05) is 17.8 Å². The van der Waals surface area contributed by atoms with Crippen LogP contribution in [-0.2, 0) is 6.61 Å². The summed E-state index contributed by atoms with van der Waals surface area (Å²) in [6, 6.07) is 7.38. The highest BCUT2D eigenvalue weighted by Crippen LogP contribution is 2.19. The summed E-state index contributed by atoms with van der Waals surface area (Å²) >= 11 is 0. The van der Waals surface area contributed by atoms with Gasteiger partial charge in [-0.05, 0) is 24.3 Å². The minimum atomic E-state index is -0.516. The summed E-state index contributed by atoms with van der Waals surface area (Å²) < 4.78 is 23.7. The first-order valence-electron chi connectivity index (χ1n) is 5.59. The van der Waals surface area contributed by atoms with E-state index in [-0.39, 0.29) is 17.9 Å². The minimum Gasteiger partial charge on any atom is -0.489 e. The Morgan fingerprint density at radius 1 is 1.37 bits per heavy atom. The zero-order valence-electron chi connectivity index (χ0n) is 10.3. The van der Waals surface area contributed by atoms with Gasteiger partial charge in [-0.1, -0.05) is 0 Å². The molecule has 0 bridgehead atoms. The molecule has 0 spiro atoms. The highest BCUT2D eigenvalue weighted by atomic mass is 19.1. The summed E-state index contributed by atoms with van der Waals surface area (Å²) in [6.07, 6.45) is 2.18. The zero-order valence-corrected chi connectivity index (χ0v) is 10.3. The third-order valence-electron chi connectivity index (χ3n) is 2.47. The van der Waals surface area contributed by atoms with Crippen molar-refractivity contribution in [2.45, 2.75) is 6.61 Å². The molecule has 1 aromatic heterocycles. The summed E-state index contributed by atoms with van der Waals surface area (Å²) in [6.45, 7) is 0.179. The Labute approximate surface area is 109 Å². The number of carbonyl (C=O) groups is 1. The Hall–Kier alpha value is -2.43. The van der Waals surface area contributed by atoms with Gasteiger partial charge in [0.25, 0.3) is 0 Å². The maximum absolute atomic E-state index is 13.2. The third kappa shape index (κ3) is 3.28. The lowest BCUT2D eigenvalue weighted by Gasteiger charge is -2.09. The molecule has 19 heavy (non-hydrogen) atoms. The molecule has 1 aromatic carbocycles. The summed E-state index contributed by atoms with van der Waals surface area (Å²) in [5.74, 6) is 0.222. The number of halogens is 1. The molecule has 0 atom stereocenters. The summed E-state index contributed by atoms with van der Waals surface area (Å²) in [5.41, 5.74) is 0.968. The Morgan fingerprint density at radius 3 is 2.95 bits per heavy atom. The van der Waals surface area contributed by atoms with Gasteiger partial charge < -0.3 is 9.47 Å². The van der Waals surface area contributed by atoms with Crippen molar-refractivity contribution in [1.82, 2.24) is 4.98 Å². The van der Waals surface area contributed by atoms with Crippen LogP contribution in [0.4, 0.5) is 4.39 Å². The van der Waals surface area contributed by atoms with Crippen molar-refractivity contribution in [2.75, 3.05) is 7.11 Å². The number of ether oxygens (including phenoxy) is 2. The molecule has 0 N–H and O–H groups in total. The largest absolute Gasteiger partial charge is 0.489 e. The minimum absolute atomic E-state index is 0.179. The molecule has 0 aliphatic heterocycles. The molecular formula is C14H12FNO3. The van der Waals surface area contributed by atoms with E-state index in [9.17, 15) is 9.18 Å². The van der Waals surface area contributed by atoms with Crippen molar-refractivity contribution < 1.29 is 18.7 Å². The smallest absolute Gasteiger partial charge is 0.219 e. The lowest BCUT2D eigenvalue weighted by Crippen LogP contribution is -2.00. The van der Waals surface area contributed by atoms with Crippen molar-refractivity contribution in [3.05, 3.63) is 53.5 Å². The van der Waals surface area contributed by atoms with Crippen LogP contribution in [-0.4, -0.2) is 18.4 Å². The summed E-state index contributed by atoms with van der Waals surface area (Å²) in [5, 5.41) is 0. The molecule has 0 radical (unpaired) electrons. The van der Waals surface area contributed by atoms with Crippen molar-refractivity contribution in [3.63, 3.8) is 0 Å². The second kappa shape index (κ2) is 5.95. The van der Waals surface area contributed by atoms with Gasteiger partial charge in [-0.3, -0.25) is 4.79 Å². The lowest BCUT2D eigenvalue weighted by atomic mass is 10.2. The Bertz CT molecular complexity index is 587. The van der Waals surface area contributed by atoms with E-state index >= 15 is 0 Å². The van der Waals surface area contributed by atoms with Crippen molar-refractivity contribution >= 4 is 6.29 Å². The number of methoxy groups -OCH3 is 1. The molecule has 5 heteroatoms. The van der Waals surface area contributed by atoms with Crippen LogP contribution in [0, 0.1) is 5.82 Å². The number of pyridine rings is 1. The standard InChI is InChI=1S/C14H12FNO3/c1-18-14-11(3-2-4-16-14)9-19-13-6-10(8-17)5-12(15)7-13/h2-8H,9H2,1H3. The lowest BCUT2D eigenvalue weighted by molar-refractivity contribution is 0.112. The molecule has 2 rings (SSSR count). The van der Waals surface area contributed by atoms with Crippen LogP contribution in [0.25, 0.3) is 0 Å². The Balaban J connectivity index is 2.14. The molecule has 0 saturated carbocycles. The van der Waals surface area contributed by atoms with E-state index in [0.29, 0.717) is 12.2 Å². The number of benzene rings is 1. The number of carbonyl (C=O) groups excluding carboxylic acids is 1. The van der Waals surface area contributed by atoms with E-state index in [4.69, 9.17) is 9.47 Å². The van der Waals surface area contributed by atoms with Gasteiger partial charge in [-0.2, -0.15) is 0 Å². The van der Waals surface area contributed by atoms with Crippen molar-refractivity contribution in [3.8, 4) is 11.6 Å². The number of hydrogen-bond donors (Lipinski definition) is 0. The quantitative estimate of drug-likeness (QED) is 0.776. The maximum Gasteiger partial charge on any atom is 0.219 e. The van der Waals surface area contributed by atoms with E-state index in [1.807, 2.05) is 0 Å². The van der Waals surface area contributed by atoms with Crippen LogP contribution in [0.5, 0.6) is 11.6 Å². The van der Waals surface area contributed by atoms with Gasteiger partial charge in [0.15, 0.2) is 0 Å². The van der Waals surface area contributed by atoms with Crippen LogP contribution in [0.1, 0.15) is 15.9 Å². The average Bonchev–Trinajstić information content (AvgIpc) is 2.44. The van der Waals surface area contributed by atoms with Gasteiger partial charge in [-0.15, -0.1) is 0 Å². The maximum atomic E-state index is 13.2. The summed E-state index contributed by atoms with van der Waals surface area (Å²) in [7, 11) is 1.51. The second-order valence-corrected chi connectivity index (χ2v) is 3.80. The Kier molecular flexibility index (Phi) is 4.07. The van der Waals surface area contributed by atoms with Gasteiger partial charge in [0.05, 0.1) is 12.7 Å². The first-order valence-corrected chi connectivity index (χ1v) is 5.59. The van der Waals surface area contributed by atoms with E-state index in [2.05, 4.69) is 4.98 Å². The van der Waals surface area contributed by atoms with Crippen LogP contribution < -0.4 is 9.47 Å². The van der Waals surface area contributed by atoms with E-state index in [0.717, 1.165) is 11.6 Å². The Morgan fingerprint density at radius 2 is 2.21 bits per heavy atom. The van der Waals surface area contributed by atoms with Gasteiger partial charge in [0.2, 0.25) is 5.88 Å². The highest BCUT2D eigenvalue weighted by Gasteiger charge is 2.06. The predicted molar refractivity (Wildman–Crippen MR) is 66.9 cm³/mol. The number of aldehydes is 1. The van der Waals surface area contributed by atoms with Gasteiger partial charge >= 0.3 is 0 Å². The molecule has 2 aromatic rings. The molecule has 0 amide bonds. The molecule has 4 nitrogen and oxygen atoms in total. The first kappa shape index (κ1) is 13.0. The molecule has 0 fully saturated rings. The van der Waals surface area contributed by atoms with E-state index in [1.54, 1.807) is 18.3 Å². The molecule has 0 unspecified atom stereocenters. The first-order chi connectivity index (χ1) is 9.22. The van der Waals surface area contributed by atoms with Crippen molar-refractivity contribution in [2.24, 2.45) is 0 Å². The monoisotopic (exact) mass is 261 g/mol. The number of nitrogens with zero attached hydrogens (tertiary/aromatic N) is 1. The number of rotatable bonds is 5. The fraction of sp³-hybridized carbons (Fsp3) is 0.143. The molecule has 0 aliphatic carbocycles. The third-order valence-corrected chi connectivity index (χ3v) is 2.47. The molecular weight excluding hydrogens is 249 g/mol. The predicted octanol–water partition coefficient (Wildman–Crippen LogP) is 2.62. The van der Waals surface area contributed by atoms with Gasteiger partial charge in [-0.25, -0.2) is 9.37 Å². The van der Waals surface area contributed by atoms with Crippen LogP contribution >= 0.6 is 0 Å². The highest BCUT2D eigenvalue weighted by molar-refractivity contribution is 5.75. The van der Waals surface area contributed by atoms with Crippen LogP contribution in [0.2, 0.25) is 0 Å². The normalized spacial score (nSPS) is 10.0. The van der Waals surface area contributed by atoms with E-state index < -0.39 is 5.82 Å². The fourth-order valence-corrected chi connectivity index (χ4v) is 1.61. The number of aromatic nitrogens is 1. The number of hydrogen-bond acceptors (Lipinski definition) is 4.